The molecule has 2 amide bonds. The Bertz CT molecular complexity index is 1290. The number of hydrogen-bond acceptors (Lipinski definition) is 6. The molecule has 0 unspecified atom stereocenters. The second-order valence-corrected chi connectivity index (χ2v) is 9.68. The summed E-state index contributed by atoms with van der Waals surface area (Å²) in [5, 5.41) is 6.83. The van der Waals surface area contributed by atoms with Crippen LogP contribution in [0.5, 0.6) is 0 Å². The number of nitrogens with zero attached hydrogens (tertiary/aromatic N) is 4. The molecule has 3 heterocycles. The Morgan fingerprint density at radius 2 is 1.74 bits per heavy atom. The molecule has 0 aliphatic carbocycles. The van der Waals surface area contributed by atoms with Crippen molar-refractivity contribution in [2.45, 2.75) is 16.6 Å². The summed E-state index contributed by atoms with van der Waals surface area (Å²) in [5.41, 5.74) is 1.60. The lowest BCUT2D eigenvalue weighted by Gasteiger charge is -2.36. The Morgan fingerprint density at radius 3 is 2.50 bits per heavy atom. The van der Waals surface area contributed by atoms with Crippen molar-refractivity contribution >= 4 is 46.6 Å². The van der Waals surface area contributed by atoms with Crippen molar-refractivity contribution in [2.75, 3.05) is 36.4 Å². The van der Waals surface area contributed by atoms with Gasteiger partial charge in [0.05, 0.1) is 28.5 Å². The average molecular weight is 496 g/mol. The smallest absolute Gasteiger partial charge is 0.292 e. The molecular weight excluding hydrogens is 474 g/mol. The highest BCUT2D eigenvalue weighted by molar-refractivity contribution is 8.01. The fraction of sp³-hybridized carbons (Fsp3) is 0.250. The molecule has 0 spiro atoms. The highest BCUT2D eigenvalue weighted by atomic mass is 35.5. The molecule has 1 N–H and O–H groups in total. The van der Waals surface area contributed by atoms with Gasteiger partial charge in [-0.3, -0.25) is 14.4 Å². The molecule has 2 aliphatic rings. The molecule has 1 aromatic heterocycles. The zero-order valence-electron chi connectivity index (χ0n) is 18.2. The van der Waals surface area contributed by atoms with Gasteiger partial charge in [-0.05, 0) is 24.3 Å². The molecule has 5 rings (SSSR count). The van der Waals surface area contributed by atoms with E-state index in [1.165, 1.54) is 16.4 Å². The fourth-order valence-corrected chi connectivity index (χ4v) is 5.46. The third-order valence-electron chi connectivity index (χ3n) is 5.94. The van der Waals surface area contributed by atoms with Crippen LogP contribution < -0.4 is 15.8 Å². The highest BCUT2D eigenvalue weighted by Gasteiger charge is 2.32. The lowest BCUT2D eigenvalue weighted by molar-refractivity contribution is -0.132. The molecule has 174 valence electrons. The molecule has 2 aromatic carbocycles. The van der Waals surface area contributed by atoms with Crippen LogP contribution in [0.2, 0.25) is 5.02 Å². The first-order valence-corrected chi connectivity index (χ1v) is 12.2. The number of piperazine rings is 1. The Morgan fingerprint density at radius 1 is 1.03 bits per heavy atom. The Balaban J connectivity index is 1.22. The number of carbonyl (C=O) groups is 2. The van der Waals surface area contributed by atoms with Crippen molar-refractivity contribution in [3.05, 3.63) is 76.2 Å². The number of benzene rings is 2. The lowest BCUT2D eigenvalue weighted by Crippen LogP contribution is -2.50. The third kappa shape index (κ3) is 4.41. The van der Waals surface area contributed by atoms with Crippen LogP contribution in [0.3, 0.4) is 0 Å². The first kappa shape index (κ1) is 22.5. The van der Waals surface area contributed by atoms with Gasteiger partial charge in [0, 0.05) is 37.5 Å². The number of fused-ring (bicyclic) bond motifs is 1. The fourth-order valence-electron chi connectivity index (χ4n) is 4.11. The van der Waals surface area contributed by atoms with Crippen LogP contribution in [0.4, 0.5) is 11.4 Å². The van der Waals surface area contributed by atoms with Crippen LogP contribution in [0.25, 0.3) is 5.69 Å². The summed E-state index contributed by atoms with van der Waals surface area (Å²) in [5.74, 6) is -0.206. The Hall–Kier alpha value is -3.30. The molecule has 1 saturated heterocycles. The number of halogens is 1. The number of thioether (sulfide) groups is 1. The van der Waals surface area contributed by atoms with Gasteiger partial charge in [-0.25, -0.2) is 0 Å². The zero-order chi connectivity index (χ0) is 23.7. The molecule has 1 atom stereocenters. The lowest BCUT2D eigenvalue weighted by atomic mass is 10.2. The monoisotopic (exact) mass is 495 g/mol. The van der Waals surface area contributed by atoms with E-state index >= 15 is 0 Å². The molecular formula is C24H22ClN5O3S. The molecule has 3 aromatic rings. The van der Waals surface area contributed by atoms with Gasteiger partial charge in [-0.2, -0.15) is 9.78 Å². The number of amides is 2. The minimum atomic E-state index is -0.454. The summed E-state index contributed by atoms with van der Waals surface area (Å²) in [4.78, 5) is 42.8. The predicted octanol–water partition coefficient (Wildman–Crippen LogP) is 3.04. The van der Waals surface area contributed by atoms with Crippen LogP contribution in [0.15, 0.2) is 70.5 Å². The maximum absolute atomic E-state index is 12.9. The van der Waals surface area contributed by atoms with E-state index in [1.54, 1.807) is 23.2 Å². The largest absolute Gasteiger partial charge is 0.365 e. The Kier molecular flexibility index (Phi) is 6.30. The summed E-state index contributed by atoms with van der Waals surface area (Å²) in [6.45, 7) is 2.00. The van der Waals surface area contributed by atoms with E-state index in [9.17, 15) is 14.4 Å². The van der Waals surface area contributed by atoms with Crippen LogP contribution >= 0.6 is 23.4 Å². The molecule has 0 bridgehead atoms. The zero-order valence-corrected chi connectivity index (χ0v) is 19.8. The van der Waals surface area contributed by atoms with E-state index < -0.39 is 5.25 Å². The third-order valence-corrected chi connectivity index (χ3v) is 7.57. The second-order valence-electron chi connectivity index (χ2n) is 8.06. The van der Waals surface area contributed by atoms with Gasteiger partial charge in [0.2, 0.25) is 11.8 Å². The van der Waals surface area contributed by atoms with Crippen molar-refractivity contribution in [1.82, 2.24) is 14.7 Å². The quantitative estimate of drug-likeness (QED) is 0.598. The minimum absolute atomic E-state index is 0.0598. The number of aromatic nitrogens is 2. The van der Waals surface area contributed by atoms with Crippen LogP contribution in [-0.4, -0.2) is 57.9 Å². The van der Waals surface area contributed by atoms with Gasteiger partial charge in [0.15, 0.2) is 0 Å². The SMILES string of the molecule is O=C1Nc2ccccc2S[C@@H]1CC(=O)N1CCN(c2cnn(-c3ccccc3)c(=O)c2Cl)CC1. The predicted molar refractivity (Wildman–Crippen MR) is 133 cm³/mol. The summed E-state index contributed by atoms with van der Waals surface area (Å²) >= 11 is 7.85. The number of para-hydroxylation sites is 2. The first-order chi connectivity index (χ1) is 16.5. The average Bonchev–Trinajstić information content (AvgIpc) is 2.87. The molecule has 0 radical (unpaired) electrons. The van der Waals surface area contributed by atoms with Gasteiger partial charge in [-0.1, -0.05) is 41.9 Å². The molecule has 1 fully saturated rings. The van der Waals surface area contributed by atoms with E-state index in [0.29, 0.717) is 37.6 Å². The summed E-state index contributed by atoms with van der Waals surface area (Å²) in [7, 11) is 0. The van der Waals surface area contributed by atoms with Gasteiger partial charge >= 0.3 is 0 Å². The van der Waals surface area contributed by atoms with Crippen LogP contribution in [0, 0.1) is 0 Å². The van der Waals surface area contributed by atoms with E-state index in [4.69, 9.17) is 11.6 Å². The molecule has 8 nitrogen and oxygen atoms in total. The van der Waals surface area contributed by atoms with E-state index in [1.807, 2.05) is 47.4 Å². The normalized spacial score (nSPS) is 17.8. The second kappa shape index (κ2) is 9.52. The van der Waals surface area contributed by atoms with Gasteiger partial charge in [0.25, 0.3) is 5.56 Å². The molecule has 10 heteroatoms. The standard InChI is InChI=1S/C24H22ClN5O3S/c25-22-18(15-26-30(24(22)33)16-6-2-1-3-7-16)28-10-12-29(13-11-28)21(31)14-20-23(32)27-17-8-4-5-9-19(17)34-20/h1-9,15,20H,10-14H2,(H,27,32)/t20-/m1/s1. The van der Waals surface area contributed by atoms with Crippen molar-refractivity contribution < 1.29 is 9.59 Å². The summed E-state index contributed by atoms with van der Waals surface area (Å²) in [6, 6.07) is 16.7. The van der Waals surface area contributed by atoms with Crippen molar-refractivity contribution in [3.8, 4) is 5.69 Å². The molecule has 34 heavy (non-hydrogen) atoms. The van der Waals surface area contributed by atoms with Crippen molar-refractivity contribution in [3.63, 3.8) is 0 Å². The molecule has 2 aliphatic heterocycles. The highest BCUT2D eigenvalue weighted by Crippen LogP contribution is 2.37. The summed E-state index contributed by atoms with van der Waals surface area (Å²) in [6.07, 6.45) is 1.73. The van der Waals surface area contributed by atoms with Crippen LogP contribution in [0.1, 0.15) is 6.42 Å². The molecule has 0 saturated carbocycles. The topological polar surface area (TPSA) is 87.5 Å². The van der Waals surface area contributed by atoms with Crippen molar-refractivity contribution in [2.24, 2.45) is 0 Å². The number of nitrogens with one attached hydrogen (secondary N) is 1. The number of carbonyl (C=O) groups excluding carboxylic acids is 2. The maximum Gasteiger partial charge on any atom is 0.292 e. The van der Waals surface area contributed by atoms with Crippen molar-refractivity contribution in [1.29, 1.82) is 0 Å². The van der Waals surface area contributed by atoms with E-state index in [-0.39, 0.29) is 28.8 Å². The van der Waals surface area contributed by atoms with E-state index in [2.05, 4.69) is 10.4 Å². The first-order valence-electron chi connectivity index (χ1n) is 10.9. The minimum Gasteiger partial charge on any atom is -0.365 e. The van der Waals surface area contributed by atoms with Gasteiger partial charge in [0.1, 0.15) is 5.02 Å². The number of rotatable bonds is 4. The maximum atomic E-state index is 12.9. The number of hydrogen-bond donors (Lipinski definition) is 1. The Labute approximate surface area is 205 Å². The van der Waals surface area contributed by atoms with Crippen LogP contribution in [-0.2, 0) is 9.59 Å². The van der Waals surface area contributed by atoms with Gasteiger partial charge < -0.3 is 15.1 Å². The van der Waals surface area contributed by atoms with Gasteiger partial charge in [-0.15, -0.1) is 11.8 Å². The van der Waals surface area contributed by atoms with E-state index in [0.717, 1.165) is 10.6 Å². The number of anilines is 2. The summed E-state index contributed by atoms with van der Waals surface area (Å²) < 4.78 is 1.27.